The van der Waals surface area contributed by atoms with Gasteiger partial charge < -0.3 is 0 Å². The summed E-state index contributed by atoms with van der Waals surface area (Å²) in [5.74, 6) is 6.08. The van der Waals surface area contributed by atoms with E-state index in [0.717, 1.165) is 16.6 Å². The van der Waals surface area contributed by atoms with Crippen molar-refractivity contribution in [2.45, 2.75) is 37.0 Å². The highest BCUT2D eigenvalue weighted by molar-refractivity contribution is 7.99. The Bertz CT molecular complexity index is 355. The monoisotopic (exact) mass is 255 g/mol. The van der Waals surface area contributed by atoms with Crippen molar-refractivity contribution in [3.05, 3.63) is 29.8 Å². The van der Waals surface area contributed by atoms with Crippen LogP contribution < -0.4 is 11.3 Å². The Balaban J connectivity index is 1.91. The fourth-order valence-electron chi connectivity index (χ4n) is 2.15. The van der Waals surface area contributed by atoms with Crippen molar-refractivity contribution in [3.63, 3.8) is 0 Å². The number of hydrogen-bond acceptors (Lipinski definition) is 4. The lowest BCUT2D eigenvalue weighted by Gasteiger charge is -2.17. The summed E-state index contributed by atoms with van der Waals surface area (Å²) in [5.41, 5.74) is 3.56. The third-order valence-corrected chi connectivity index (χ3v) is 4.60. The van der Waals surface area contributed by atoms with Crippen LogP contribution in [0.3, 0.4) is 0 Å². The maximum absolute atomic E-state index is 13.1. The summed E-state index contributed by atoms with van der Waals surface area (Å²) in [6.07, 6.45) is 8.14. The van der Waals surface area contributed by atoms with Crippen LogP contribution in [0.4, 0.5) is 4.39 Å². The molecule has 1 aromatic rings. The summed E-state index contributed by atoms with van der Waals surface area (Å²) in [5, 5.41) is 0.743. The van der Waals surface area contributed by atoms with E-state index in [-0.39, 0.29) is 11.9 Å². The predicted octanol–water partition coefficient (Wildman–Crippen LogP) is 2.40. The van der Waals surface area contributed by atoms with Gasteiger partial charge in [0.05, 0.1) is 12.2 Å². The van der Waals surface area contributed by atoms with Crippen molar-refractivity contribution in [1.29, 1.82) is 0 Å². The minimum absolute atomic E-state index is 0.0243. The van der Waals surface area contributed by atoms with Gasteiger partial charge in [0.15, 0.2) is 0 Å². The summed E-state index contributed by atoms with van der Waals surface area (Å²) in [7, 11) is 0. The van der Waals surface area contributed by atoms with Crippen LogP contribution in [0.1, 0.15) is 37.3 Å². The van der Waals surface area contributed by atoms with Crippen LogP contribution in [0.25, 0.3) is 0 Å². The first kappa shape index (κ1) is 12.8. The van der Waals surface area contributed by atoms with Crippen molar-refractivity contribution < 1.29 is 4.39 Å². The molecule has 0 saturated heterocycles. The highest BCUT2D eigenvalue weighted by Gasteiger charge is 2.18. The van der Waals surface area contributed by atoms with E-state index in [0.29, 0.717) is 0 Å². The summed E-state index contributed by atoms with van der Waals surface area (Å²) in [6.45, 7) is 0. The molecule has 0 spiro atoms. The van der Waals surface area contributed by atoms with Crippen molar-refractivity contribution in [3.8, 4) is 0 Å². The van der Waals surface area contributed by atoms with Gasteiger partial charge in [0.1, 0.15) is 5.82 Å². The maximum atomic E-state index is 13.1. The molecule has 0 aromatic carbocycles. The molecule has 3 N–H and O–H groups in total. The fraction of sp³-hybridized carbons (Fsp3) is 0.583. The molecular weight excluding hydrogens is 237 g/mol. The zero-order valence-electron chi connectivity index (χ0n) is 9.73. The second-order valence-corrected chi connectivity index (χ2v) is 5.73. The van der Waals surface area contributed by atoms with Crippen molar-refractivity contribution in [2.75, 3.05) is 5.75 Å². The first-order chi connectivity index (χ1) is 8.29. The average Bonchev–Trinajstić information content (AvgIpc) is 2.83. The minimum atomic E-state index is -0.311. The molecule has 94 valence electrons. The molecule has 0 amide bonds. The number of nitrogens with two attached hydrogens (primary N) is 1. The number of hydrogen-bond donors (Lipinski definition) is 2. The molecule has 2 rings (SSSR count). The standard InChI is InChI=1S/C12H18FN3S/c13-10-5-9(6-15-7-10)12(16-14)8-17-11-3-1-2-4-11/h5-7,11-12,16H,1-4,8,14H2. The SMILES string of the molecule is NNC(CSC1CCCC1)c1cncc(F)c1. The van der Waals surface area contributed by atoms with Gasteiger partial charge in [0.25, 0.3) is 0 Å². The van der Waals surface area contributed by atoms with Crippen LogP contribution in [-0.2, 0) is 0 Å². The molecule has 1 aromatic heterocycles. The van der Waals surface area contributed by atoms with Crippen molar-refractivity contribution >= 4 is 11.8 Å². The molecular formula is C12H18FN3S. The van der Waals surface area contributed by atoms with Crippen LogP contribution in [0, 0.1) is 5.82 Å². The zero-order valence-corrected chi connectivity index (χ0v) is 10.5. The first-order valence-corrected chi connectivity index (χ1v) is 7.02. The van der Waals surface area contributed by atoms with Gasteiger partial charge in [-0.25, -0.2) is 4.39 Å². The molecule has 1 fully saturated rings. The largest absolute Gasteiger partial charge is 0.271 e. The van der Waals surface area contributed by atoms with Gasteiger partial charge in [-0.2, -0.15) is 11.8 Å². The Morgan fingerprint density at radius 1 is 1.47 bits per heavy atom. The lowest BCUT2D eigenvalue weighted by Crippen LogP contribution is -2.30. The van der Waals surface area contributed by atoms with E-state index in [9.17, 15) is 4.39 Å². The molecule has 5 heteroatoms. The lowest BCUT2D eigenvalue weighted by molar-refractivity contribution is 0.584. The smallest absolute Gasteiger partial charge is 0.141 e. The highest BCUT2D eigenvalue weighted by Crippen LogP contribution is 2.31. The van der Waals surface area contributed by atoms with Crippen LogP contribution >= 0.6 is 11.8 Å². The third kappa shape index (κ3) is 3.66. The molecule has 1 saturated carbocycles. The number of pyridine rings is 1. The summed E-state index contributed by atoms with van der Waals surface area (Å²) in [6, 6.07) is 1.47. The number of nitrogens with zero attached hydrogens (tertiary/aromatic N) is 1. The van der Waals surface area contributed by atoms with Gasteiger partial charge in [-0.1, -0.05) is 12.8 Å². The van der Waals surface area contributed by atoms with Crippen LogP contribution in [0.2, 0.25) is 0 Å². The van der Waals surface area contributed by atoms with E-state index in [2.05, 4.69) is 10.4 Å². The van der Waals surface area contributed by atoms with Crippen LogP contribution in [-0.4, -0.2) is 16.0 Å². The molecule has 1 aliphatic rings. The van der Waals surface area contributed by atoms with E-state index < -0.39 is 0 Å². The minimum Gasteiger partial charge on any atom is -0.271 e. The molecule has 1 heterocycles. The molecule has 3 nitrogen and oxygen atoms in total. The van der Waals surface area contributed by atoms with Gasteiger partial charge in [0.2, 0.25) is 0 Å². The topological polar surface area (TPSA) is 50.9 Å². The number of thioether (sulfide) groups is 1. The molecule has 0 radical (unpaired) electrons. The predicted molar refractivity (Wildman–Crippen MR) is 69.0 cm³/mol. The van der Waals surface area contributed by atoms with Crippen molar-refractivity contribution in [2.24, 2.45) is 5.84 Å². The normalized spacial score (nSPS) is 18.5. The van der Waals surface area contributed by atoms with E-state index >= 15 is 0 Å². The van der Waals surface area contributed by atoms with E-state index in [4.69, 9.17) is 5.84 Å². The number of hydrazine groups is 1. The second kappa shape index (κ2) is 6.33. The van der Waals surface area contributed by atoms with Gasteiger partial charge in [-0.15, -0.1) is 0 Å². The second-order valence-electron chi connectivity index (χ2n) is 4.40. The Morgan fingerprint density at radius 3 is 2.88 bits per heavy atom. The number of aromatic nitrogens is 1. The zero-order chi connectivity index (χ0) is 12.1. The quantitative estimate of drug-likeness (QED) is 0.626. The highest BCUT2D eigenvalue weighted by atomic mass is 32.2. The summed E-state index contributed by atoms with van der Waals surface area (Å²) in [4.78, 5) is 3.85. The summed E-state index contributed by atoms with van der Waals surface area (Å²) < 4.78 is 13.1. The molecule has 1 aliphatic carbocycles. The third-order valence-electron chi connectivity index (χ3n) is 3.13. The Hall–Kier alpha value is -0.650. The Kier molecular flexibility index (Phi) is 4.76. The number of rotatable bonds is 5. The molecule has 17 heavy (non-hydrogen) atoms. The molecule has 1 unspecified atom stereocenters. The average molecular weight is 255 g/mol. The molecule has 0 aliphatic heterocycles. The van der Waals surface area contributed by atoms with E-state index in [1.54, 1.807) is 6.20 Å². The van der Waals surface area contributed by atoms with Gasteiger partial charge >= 0.3 is 0 Å². The summed E-state index contributed by atoms with van der Waals surface area (Å²) >= 11 is 1.92. The van der Waals surface area contributed by atoms with E-state index in [1.807, 2.05) is 11.8 Å². The van der Waals surface area contributed by atoms with Gasteiger partial charge in [-0.05, 0) is 24.5 Å². The molecule has 1 atom stereocenters. The van der Waals surface area contributed by atoms with Gasteiger partial charge in [0, 0.05) is 17.2 Å². The fourth-order valence-corrected chi connectivity index (χ4v) is 3.57. The van der Waals surface area contributed by atoms with E-state index in [1.165, 1.54) is 37.9 Å². The Morgan fingerprint density at radius 2 is 2.24 bits per heavy atom. The number of nitrogens with one attached hydrogen (secondary N) is 1. The first-order valence-electron chi connectivity index (χ1n) is 5.98. The number of halogens is 1. The Labute approximate surface area is 105 Å². The van der Waals surface area contributed by atoms with Gasteiger partial charge in [-0.3, -0.25) is 16.3 Å². The van der Waals surface area contributed by atoms with Crippen LogP contribution in [0.5, 0.6) is 0 Å². The maximum Gasteiger partial charge on any atom is 0.141 e. The molecule has 0 bridgehead atoms. The van der Waals surface area contributed by atoms with Crippen molar-refractivity contribution in [1.82, 2.24) is 10.4 Å². The van der Waals surface area contributed by atoms with Crippen LogP contribution in [0.15, 0.2) is 18.5 Å². The lowest BCUT2D eigenvalue weighted by atomic mass is 10.1.